The number of thiophene rings is 1. The number of rotatable bonds is 2. The second-order valence-electron chi connectivity index (χ2n) is 5.94. The largest absolute Gasteiger partial charge is 0.316 e. The lowest BCUT2D eigenvalue weighted by Crippen LogP contribution is -2.51. The van der Waals surface area contributed by atoms with Crippen LogP contribution in [0.2, 0.25) is 0 Å². The fraction of sp³-hybridized carbons (Fsp3) is 0.467. The molecule has 0 bridgehead atoms. The molecule has 0 aromatic carbocycles. The van der Waals surface area contributed by atoms with Crippen LogP contribution in [-0.2, 0) is 0 Å². The molecule has 2 fully saturated rings. The number of carbonyl (C=O) groups excluding carboxylic acids is 1. The Bertz CT molecular complexity index is 645. The van der Waals surface area contributed by atoms with Gasteiger partial charge in [0.2, 0.25) is 0 Å². The molecule has 98 valence electrons. The summed E-state index contributed by atoms with van der Waals surface area (Å²) in [5.41, 5.74) is 1.78. The summed E-state index contributed by atoms with van der Waals surface area (Å²) in [6.45, 7) is 2.36. The smallest absolute Gasteiger partial charge is 0.160 e. The Morgan fingerprint density at radius 3 is 3.00 bits per heavy atom. The Hall–Kier alpha value is -1.26. The number of carbonyl (C=O) groups is 1. The van der Waals surface area contributed by atoms with E-state index < -0.39 is 0 Å². The van der Waals surface area contributed by atoms with Crippen molar-refractivity contribution in [1.29, 1.82) is 0 Å². The lowest BCUT2D eigenvalue weighted by atomic mass is 9.79. The molecule has 3 nitrogen and oxygen atoms in total. The molecule has 3 heterocycles. The minimum atomic E-state index is 0.560. The zero-order chi connectivity index (χ0) is 12.9. The molecule has 1 saturated carbocycles. The van der Waals surface area contributed by atoms with E-state index in [4.69, 9.17) is 4.98 Å². The van der Waals surface area contributed by atoms with E-state index in [1.54, 1.807) is 0 Å². The second-order valence-corrected chi connectivity index (χ2v) is 7.00. The topological polar surface area (TPSA) is 42.0 Å². The van der Waals surface area contributed by atoms with Gasteiger partial charge in [-0.3, -0.25) is 4.79 Å². The van der Waals surface area contributed by atoms with Crippen molar-refractivity contribution in [3.63, 3.8) is 0 Å². The first-order valence-corrected chi connectivity index (χ1v) is 7.66. The maximum atomic E-state index is 10.8. The number of nitrogens with zero attached hydrogens (tertiary/aromatic N) is 1. The van der Waals surface area contributed by atoms with Crippen molar-refractivity contribution in [2.45, 2.75) is 25.2 Å². The van der Waals surface area contributed by atoms with Crippen molar-refractivity contribution < 1.29 is 4.79 Å². The van der Waals surface area contributed by atoms with Crippen molar-refractivity contribution in [1.82, 2.24) is 10.3 Å². The van der Waals surface area contributed by atoms with Crippen LogP contribution >= 0.6 is 11.3 Å². The van der Waals surface area contributed by atoms with Crippen molar-refractivity contribution in [3.05, 3.63) is 28.8 Å². The SMILES string of the molecule is O=Cc1cc2ccc(C3CCC4(CNC4)C3)nc2s1. The van der Waals surface area contributed by atoms with E-state index in [9.17, 15) is 4.79 Å². The third kappa shape index (κ3) is 1.82. The number of hydrogen-bond acceptors (Lipinski definition) is 4. The van der Waals surface area contributed by atoms with E-state index in [0.717, 1.165) is 21.4 Å². The zero-order valence-corrected chi connectivity index (χ0v) is 11.5. The van der Waals surface area contributed by atoms with Crippen molar-refractivity contribution >= 4 is 27.8 Å². The van der Waals surface area contributed by atoms with Crippen molar-refractivity contribution in [2.24, 2.45) is 5.41 Å². The standard InChI is InChI=1S/C15H16N2OS/c18-7-12-5-10-1-2-13(17-14(10)19-12)11-3-4-15(6-11)8-16-9-15/h1-2,5,7,11,16H,3-4,6,8-9H2. The molecule has 2 aliphatic rings. The minimum Gasteiger partial charge on any atom is -0.316 e. The van der Waals surface area contributed by atoms with Gasteiger partial charge in [-0.1, -0.05) is 6.07 Å². The summed E-state index contributed by atoms with van der Waals surface area (Å²) < 4.78 is 0. The highest BCUT2D eigenvalue weighted by atomic mass is 32.1. The van der Waals surface area contributed by atoms with Gasteiger partial charge in [-0.2, -0.15) is 0 Å². The Morgan fingerprint density at radius 2 is 2.32 bits per heavy atom. The summed E-state index contributed by atoms with van der Waals surface area (Å²) in [6.07, 6.45) is 4.77. The first-order chi connectivity index (χ1) is 9.28. The van der Waals surface area contributed by atoms with Gasteiger partial charge in [0, 0.05) is 30.1 Å². The predicted molar refractivity (Wildman–Crippen MR) is 76.9 cm³/mol. The number of hydrogen-bond donors (Lipinski definition) is 1. The van der Waals surface area contributed by atoms with Gasteiger partial charge in [-0.05, 0) is 36.8 Å². The Labute approximate surface area is 116 Å². The average molecular weight is 272 g/mol. The summed E-state index contributed by atoms with van der Waals surface area (Å²) >= 11 is 1.50. The summed E-state index contributed by atoms with van der Waals surface area (Å²) in [7, 11) is 0. The first-order valence-electron chi connectivity index (χ1n) is 6.84. The molecule has 1 N–H and O–H groups in total. The Morgan fingerprint density at radius 1 is 1.42 bits per heavy atom. The van der Waals surface area contributed by atoms with Crippen molar-refractivity contribution in [3.8, 4) is 0 Å². The molecule has 19 heavy (non-hydrogen) atoms. The highest BCUT2D eigenvalue weighted by Crippen LogP contribution is 2.48. The third-order valence-electron chi connectivity index (χ3n) is 4.66. The summed E-state index contributed by atoms with van der Waals surface area (Å²) in [5.74, 6) is 0.605. The Balaban J connectivity index is 1.66. The Kier molecular flexibility index (Phi) is 2.50. The average Bonchev–Trinajstić information content (AvgIpc) is 3.01. The van der Waals surface area contributed by atoms with Gasteiger partial charge in [0.05, 0.1) is 4.88 Å². The van der Waals surface area contributed by atoms with Gasteiger partial charge in [0.1, 0.15) is 4.83 Å². The van der Waals surface area contributed by atoms with Crippen LogP contribution in [0.5, 0.6) is 0 Å². The third-order valence-corrected chi connectivity index (χ3v) is 5.63. The van der Waals surface area contributed by atoms with Crippen LogP contribution in [0.15, 0.2) is 18.2 Å². The molecule has 4 rings (SSSR count). The number of fused-ring (bicyclic) bond motifs is 1. The highest BCUT2D eigenvalue weighted by Gasteiger charge is 2.44. The fourth-order valence-electron chi connectivity index (χ4n) is 3.50. The summed E-state index contributed by atoms with van der Waals surface area (Å²) in [4.78, 5) is 17.4. The van der Waals surface area contributed by atoms with Gasteiger partial charge < -0.3 is 5.32 Å². The van der Waals surface area contributed by atoms with E-state index in [0.29, 0.717) is 11.3 Å². The van der Waals surface area contributed by atoms with Crippen LogP contribution < -0.4 is 5.32 Å². The summed E-state index contributed by atoms with van der Waals surface area (Å²) in [5, 5.41) is 4.49. The molecule has 1 saturated heterocycles. The zero-order valence-electron chi connectivity index (χ0n) is 10.7. The quantitative estimate of drug-likeness (QED) is 0.855. The monoisotopic (exact) mass is 272 g/mol. The second kappa shape index (κ2) is 4.12. The molecular formula is C15H16N2OS. The fourth-order valence-corrected chi connectivity index (χ4v) is 4.35. The van der Waals surface area contributed by atoms with Crippen LogP contribution in [0.25, 0.3) is 10.2 Å². The predicted octanol–water partition coefficient (Wildman–Crippen LogP) is 2.97. The molecule has 0 radical (unpaired) electrons. The molecule has 4 heteroatoms. The molecule has 1 atom stereocenters. The number of aldehydes is 1. The van der Waals surface area contributed by atoms with E-state index in [-0.39, 0.29) is 0 Å². The first kappa shape index (κ1) is 11.6. The molecule has 2 aromatic heterocycles. The van der Waals surface area contributed by atoms with E-state index in [2.05, 4.69) is 17.4 Å². The minimum absolute atomic E-state index is 0.560. The van der Waals surface area contributed by atoms with E-state index in [1.165, 1.54) is 49.4 Å². The molecule has 1 unspecified atom stereocenters. The lowest BCUT2D eigenvalue weighted by Gasteiger charge is -2.39. The van der Waals surface area contributed by atoms with Crippen LogP contribution in [-0.4, -0.2) is 24.4 Å². The van der Waals surface area contributed by atoms with Gasteiger partial charge in [-0.25, -0.2) is 4.98 Å². The van der Waals surface area contributed by atoms with E-state index >= 15 is 0 Å². The van der Waals surface area contributed by atoms with Crippen LogP contribution in [0.4, 0.5) is 0 Å². The maximum Gasteiger partial charge on any atom is 0.160 e. The number of aromatic nitrogens is 1. The molecule has 0 amide bonds. The van der Waals surface area contributed by atoms with Crippen LogP contribution in [0.1, 0.15) is 40.5 Å². The molecule has 1 aliphatic carbocycles. The molecule has 1 aliphatic heterocycles. The molecular weight excluding hydrogens is 256 g/mol. The van der Waals surface area contributed by atoms with E-state index in [1.807, 2.05) is 6.07 Å². The van der Waals surface area contributed by atoms with Crippen LogP contribution in [0.3, 0.4) is 0 Å². The normalized spacial score (nSPS) is 24.7. The lowest BCUT2D eigenvalue weighted by molar-refractivity contribution is 0.112. The van der Waals surface area contributed by atoms with Gasteiger partial charge in [0.15, 0.2) is 6.29 Å². The van der Waals surface area contributed by atoms with Gasteiger partial charge in [-0.15, -0.1) is 11.3 Å². The maximum absolute atomic E-state index is 10.8. The molecule has 1 spiro atoms. The van der Waals surface area contributed by atoms with Gasteiger partial charge in [0.25, 0.3) is 0 Å². The van der Waals surface area contributed by atoms with Crippen LogP contribution in [0, 0.1) is 5.41 Å². The number of pyridine rings is 1. The summed E-state index contributed by atoms with van der Waals surface area (Å²) in [6, 6.07) is 6.19. The van der Waals surface area contributed by atoms with Gasteiger partial charge >= 0.3 is 0 Å². The number of nitrogens with one attached hydrogen (secondary N) is 1. The highest BCUT2D eigenvalue weighted by molar-refractivity contribution is 7.20. The molecule has 2 aromatic rings. The van der Waals surface area contributed by atoms with Crippen molar-refractivity contribution in [2.75, 3.05) is 13.1 Å².